The van der Waals surface area contributed by atoms with Crippen molar-refractivity contribution in [2.75, 3.05) is 59.1 Å². The van der Waals surface area contributed by atoms with Crippen LogP contribution in [0.15, 0.2) is 142 Å². The molecule has 0 bridgehead atoms. The average Bonchev–Trinajstić information content (AvgIpc) is 3.37. The molecule has 0 saturated carbocycles. The molecule has 6 N–H and O–H groups in total. The number of carbonyl (C=O) groups is 3. The van der Waals surface area contributed by atoms with Crippen LogP contribution in [0.1, 0.15) is 48.2 Å². The van der Waals surface area contributed by atoms with Crippen molar-refractivity contribution in [1.29, 1.82) is 0 Å². The van der Waals surface area contributed by atoms with Gasteiger partial charge in [0.1, 0.15) is 19.8 Å². The van der Waals surface area contributed by atoms with E-state index in [1.807, 2.05) is 95.9 Å². The molecular formula is C51H57N7O12. The third-order valence-electron chi connectivity index (χ3n) is 10.9. The number of hydrogen-bond donors (Lipinski definition) is 6. The molecule has 3 amide bonds. The van der Waals surface area contributed by atoms with Gasteiger partial charge in [-0.2, -0.15) is 0 Å². The molecular weight excluding hydrogens is 903 g/mol. The maximum absolute atomic E-state index is 13.9. The van der Waals surface area contributed by atoms with Gasteiger partial charge in [0.25, 0.3) is 17.7 Å². The standard InChI is InChI=1S/C51H57N7O12/c59-31-28-56-22-16-40(62)46(68-34-37-10-4-1-5-11-37)43(56)49(65)52-19-25-55(26-20-53-50(66)44-47(41(63)17-23-57(44)29-32-60)69-35-38-12-6-2-7-13-38)27-21-54-51(67)45-48(42(64)18-24-58(45)30-33-61)70-36-39-14-8-3-9-15-39/h1-18,22-24,59-61H,19-21,25-36H2,(H,52,65)(H,53,66)(H,54,67). The Morgan fingerprint density at radius 2 is 0.700 bits per heavy atom. The second-order valence-corrected chi connectivity index (χ2v) is 15.8. The van der Waals surface area contributed by atoms with Gasteiger partial charge < -0.3 is 59.2 Å². The fraction of sp³-hybridized carbons (Fsp3) is 0.294. The molecule has 6 aromatic rings. The van der Waals surface area contributed by atoms with Crippen LogP contribution < -0.4 is 46.4 Å². The largest absolute Gasteiger partial charge is 0.483 e. The summed E-state index contributed by atoms with van der Waals surface area (Å²) in [4.78, 5) is 83.0. The summed E-state index contributed by atoms with van der Waals surface area (Å²) >= 11 is 0. The van der Waals surface area contributed by atoms with E-state index < -0.39 is 34.0 Å². The quantitative estimate of drug-likeness (QED) is 0.0432. The summed E-state index contributed by atoms with van der Waals surface area (Å²) in [5.41, 5.74) is 0.429. The first-order valence-corrected chi connectivity index (χ1v) is 22.7. The van der Waals surface area contributed by atoms with Crippen molar-refractivity contribution >= 4 is 17.7 Å². The third-order valence-corrected chi connectivity index (χ3v) is 10.9. The van der Waals surface area contributed by atoms with Gasteiger partial charge in [0, 0.05) is 95.7 Å². The lowest BCUT2D eigenvalue weighted by Crippen LogP contribution is -2.44. The Balaban J connectivity index is 1.20. The molecule has 6 rings (SSSR count). The first-order chi connectivity index (χ1) is 34.1. The molecule has 0 radical (unpaired) electrons. The Morgan fingerprint density at radius 3 is 0.957 bits per heavy atom. The van der Waals surface area contributed by atoms with Crippen molar-refractivity contribution < 1.29 is 43.9 Å². The summed E-state index contributed by atoms with van der Waals surface area (Å²) in [6, 6.07) is 31.1. The maximum Gasteiger partial charge on any atom is 0.271 e. The highest BCUT2D eigenvalue weighted by Gasteiger charge is 2.24. The minimum Gasteiger partial charge on any atom is -0.483 e. The zero-order chi connectivity index (χ0) is 49.7. The van der Waals surface area contributed by atoms with Crippen LogP contribution in [0.3, 0.4) is 0 Å². The molecule has 0 unspecified atom stereocenters. The van der Waals surface area contributed by atoms with Crippen LogP contribution in [0.25, 0.3) is 0 Å². The van der Waals surface area contributed by atoms with E-state index in [9.17, 15) is 44.1 Å². The number of amides is 3. The molecule has 0 saturated heterocycles. The Hall–Kier alpha value is -7.84. The van der Waals surface area contributed by atoms with Crippen LogP contribution >= 0.6 is 0 Å². The summed E-state index contributed by atoms with van der Waals surface area (Å²) in [6.45, 7) is -0.548. The number of carbonyl (C=O) groups excluding carboxylic acids is 3. The van der Waals surface area contributed by atoms with E-state index in [-0.39, 0.29) is 133 Å². The molecule has 19 nitrogen and oxygen atoms in total. The zero-order valence-electron chi connectivity index (χ0n) is 38.5. The predicted molar refractivity (Wildman–Crippen MR) is 259 cm³/mol. The summed E-state index contributed by atoms with van der Waals surface area (Å²) in [7, 11) is 0. The van der Waals surface area contributed by atoms with Gasteiger partial charge in [0.2, 0.25) is 16.3 Å². The van der Waals surface area contributed by atoms with Crippen molar-refractivity contribution in [1.82, 2.24) is 34.6 Å². The van der Waals surface area contributed by atoms with Crippen molar-refractivity contribution in [3.63, 3.8) is 0 Å². The van der Waals surface area contributed by atoms with E-state index in [1.54, 1.807) is 0 Å². The number of nitrogens with zero attached hydrogens (tertiary/aromatic N) is 4. The van der Waals surface area contributed by atoms with Crippen LogP contribution in [0.5, 0.6) is 17.2 Å². The molecule has 368 valence electrons. The number of aromatic nitrogens is 3. The van der Waals surface area contributed by atoms with Gasteiger partial charge >= 0.3 is 0 Å². The SMILES string of the molecule is O=C(NCCN(CCNC(=O)c1c(OCc2ccccc2)c(=O)ccn1CCO)CCNC(=O)c1c(OCc2ccccc2)c(=O)ccn1CCO)c1c(OCc2ccccc2)c(=O)ccn1CCO. The first kappa shape index (κ1) is 51.5. The molecule has 3 aromatic heterocycles. The third kappa shape index (κ3) is 14.3. The minimum atomic E-state index is -0.654. The Kier molecular flexibility index (Phi) is 19.6. The van der Waals surface area contributed by atoms with Crippen LogP contribution in [0.2, 0.25) is 0 Å². The highest BCUT2D eigenvalue weighted by molar-refractivity contribution is 5.96. The predicted octanol–water partition coefficient (Wildman–Crippen LogP) is 1.78. The van der Waals surface area contributed by atoms with Gasteiger partial charge in [-0.25, -0.2) is 0 Å². The monoisotopic (exact) mass is 959 g/mol. The summed E-state index contributed by atoms with van der Waals surface area (Å²) in [5, 5.41) is 37.9. The smallest absolute Gasteiger partial charge is 0.271 e. The highest BCUT2D eigenvalue weighted by atomic mass is 16.5. The lowest BCUT2D eigenvalue weighted by molar-refractivity contribution is 0.0930. The zero-order valence-corrected chi connectivity index (χ0v) is 38.5. The van der Waals surface area contributed by atoms with Gasteiger partial charge in [-0.1, -0.05) is 91.0 Å². The Morgan fingerprint density at radius 1 is 0.429 bits per heavy atom. The van der Waals surface area contributed by atoms with Gasteiger partial charge in [-0.05, 0) is 16.7 Å². The van der Waals surface area contributed by atoms with Gasteiger partial charge in [0.05, 0.1) is 19.8 Å². The molecule has 70 heavy (non-hydrogen) atoms. The van der Waals surface area contributed by atoms with E-state index >= 15 is 0 Å². The minimum absolute atomic E-state index is 0.000532. The Bertz CT molecular complexity index is 2530. The molecule has 0 atom stereocenters. The molecule has 3 aromatic carbocycles. The van der Waals surface area contributed by atoms with E-state index in [0.717, 1.165) is 16.7 Å². The summed E-state index contributed by atoms with van der Waals surface area (Å²) in [6.07, 6.45) is 4.20. The first-order valence-electron chi connectivity index (χ1n) is 22.7. The molecule has 0 aliphatic carbocycles. The molecule has 0 aliphatic rings. The second-order valence-electron chi connectivity index (χ2n) is 15.8. The highest BCUT2D eigenvalue weighted by Crippen LogP contribution is 2.19. The number of hydrogen-bond acceptors (Lipinski definition) is 13. The number of aliphatic hydroxyl groups is 3. The molecule has 0 fully saturated rings. The topological polar surface area (TPSA) is 245 Å². The van der Waals surface area contributed by atoms with E-state index in [2.05, 4.69) is 16.0 Å². The van der Waals surface area contributed by atoms with Crippen molar-refractivity contribution in [2.45, 2.75) is 39.5 Å². The number of nitrogens with one attached hydrogen (secondary N) is 3. The van der Waals surface area contributed by atoms with Crippen LogP contribution in [0.4, 0.5) is 0 Å². The van der Waals surface area contributed by atoms with Crippen LogP contribution in [-0.4, -0.2) is 111 Å². The average molecular weight is 960 g/mol. The van der Waals surface area contributed by atoms with Crippen molar-refractivity contribution in [3.8, 4) is 17.2 Å². The van der Waals surface area contributed by atoms with E-state index in [1.165, 1.54) is 50.5 Å². The maximum atomic E-state index is 13.9. The number of pyridine rings is 3. The van der Waals surface area contributed by atoms with Gasteiger partial charge in [-0.3, -0.25) is 33.7 Å². The molecule has 19 heteroatoms. The van der Waals surface area contributed by atoms with Gasteiger partial charge in [0.15, 0.2) is 34.3 Å². The van der Waals surface area contributed by atoms with Gasteiger partial charge in [-0.15, -0.1) is 0 Å². The lowest BCUT2D eigenvalue weighted by atomic mass is 10.2. The molecule has 0 spiro atoms. The van der Waals surface area contributed by atoms with Crippen molar-refractivity contribution in [2.24, 2.45) is 0 Å². The van der Waals surface area contributed by atoms with Crippen LogP contribution in [0, 0.1) is 0 Å². The number of ether oxygens (including phenoxy) is 3. The van der Waals surface area contributed by atoms with Crippen LogP contribution in [-0.2, 0) is 39.5 Å². The normalized spacial score (nSPS) is 11.0. The molecule has 3 heterocycles. The fourth-order valence-electron chi connectivity index (χ4n) is 7.42. The second kappa shape index (κ2) is 26.6. The Labute approximate surface area is 403 Å². The van der Waals surface area contributed by atoms with E-state index in [4.69, 9.17) is 14.2 Å². The summed E-state index contributed by atoms with van der Waals surface area (Å²) < 4.78 is 22.0. The lowest BCUT2D eigenvalue weighted by Gasteiger charge is -2.24. The fourth-order valence-corrected chi connectivity index (χ4v) is 7.42. The number of rotatable bonds is 27. The van der Waals surface area contributed by atoms with E-state index in [0.29, 0.717) is 0 Å². The van der Waals surface area contributed by atoms with Crippen molar-refractivity contribution in [3.05, 3.63) is 192 Å². The number of aliphatic hydroxyl groups excluding tert-OH is 3. The number of benzene rings is 3. The summed E-state index contributed by atoms with van der Waals surface area (Å²) in [5.74, 6) is -2.55. The molecule has 0 aliphatic heterocycles.